The lowest BCUT2D eigenvalue weighted by molar-refractivity contribution is 0.0240. The van der Waals surface area contributed by atoms with E-state index >= 15 is 0 Å². The number of aryl methyl sites for hydroxylation is 1. The maximum absolute atomic E-state index is 12.4. The van der Waals surface area contributed by atoms with E-state index in [9.17, 15) is 4.79 Å². The first kappa shape index (κ1) is 28.0. The number of aromatic nitrogens is 4. The molecule has 0 spiro atoms. The third-order valence-electron chi connectivity index (χ3n) is 7.93. The van der Waals surface area contributed by atoms with Gasteiger partial charge in [0, 0.05) is 88.7 Å². The molecule has 10 nitrogen and oxygen atoms in total. The molecular formula is C32H40N8O2. The van der Waals surface area contributed by atoms with Gasteiger partial charge in [-0.25, -0.2) is 14.8 Å². The van der Waals surface area contributed by atoms with Gasteiger partial charge in [-0.05, 0) is 69.2 Å². The molecule has 0 unspecified atom stereocenters. The Morgan fingerprint density at radius 2 is 1.64 bits per heavy atom. The number of aromatic amines is 1. The van der Waals surface area contributed by atoms with Crippen molar-refractivity contribution in [3.63, 3.8) is 0 Å². The average Bonchev–Trinajstić information content (AvgIpc) is 3.42. The summed E-state index contributed by atoms with van der Waals surface area (Å²) in [6.07, 6.45) is 5.47. The van der Waals surface area contributed by atoms with Crippen molar-refractivity contribution in [3.05, 3.63) is 66.1 Å². The summed E-state index contributed by atoms with van der Waals surface area (Å²) in [5.41, 5.74) is 7.01. The van der Waals surface area contributed by atoms with Gasteiger partial charge >= 0.3 is 6.09 Å². The summed E-state index contributed by atoms with van der Waals surface area (Å²) >= 11 is 0. The maximum Gasteiger partial charge on any atom is 0.410 e. The predicted molar refractivity (Wildman–Crippen MR) is 166 cm³/mol. The number of carbonyl (C=O) groups is 1. The number of fused-ring (bicyclic) bond motifs is 1. The van der Waals surface area contributed by atoms with Gasteiger partial charge in [-0.2, -0.15) is 0 Å². The number of piperazine rings is 2. The lowest BCUT2D eigenvalue weighted by Crippen LogP contribution is -2.50. The van der Waals surface area contributed by atoms with Gasteiger partial charge in [0.2, 0.25) is 0 Å². The van der Waals surface area contributed by atoms with Crippen molar-refractivity contribution in [1.29, 1.82) is 0 Å². The van der Waals surface area contributed by atoms with E-state index in [4.69, 9.17) is 9.72 Å². The molecule has 3 aromatic heterocycles. The second kappa shape index (κ2) is 11.6. The third-order valence-corrected chi connectivity index (χ3v) is 7.93. The van der Waals surface area contributed by atoms with Gasteiger partial charge in [0.25, 0.3) is 0 Å². The van der Waals surface area contributed by atoms with Gasteiger partial charge < -0.3 is 24.4 Å². The number of anilines is 2. The van der Waals surface area contributed by atoms with Crippen LogP contribution >= 0.6 is 0 Å². The fraction of sp³-hybridized carbons (Fsp3) is 0.438. The fourth-order valence-electron chi connectivity index (χ4n) is 5.77. The number of ether oxygens (including phenoxy) is 1. The summed E-state index contributed by atoms with van der Waals surface area (Å²) < 4.78 is 5.53. The smallest absolute Gasteiger partial charge is 0.410 e. The second-order valence-corrected chi connectivity index (χ2v) is 12.2. The molecule has 1 aromatic carbocycles. The number of pyridine rings is 2. The van der Waals surface area contributed by atoms with Crippen LogP contribution in [0.15, 0.2) is 55.0 Å². The van der Waals surface area contributed by atoms with Crippen molar-refractivity contribution >= 4 is 28.6 Å². The number of carbonyl (C=O) groups excluding carboxylic acids is 1. The highest BCUT2D eigenvalue weighted by Crippen LogP contribution is 2.32. The largest absolute Gasteiger partial charge is 0.444 e. The molecule has 220 valence electrons. The first-order valence-electron chi connectivity index (χ1n) is 14.8. The number of nitrogens with one attached hydrogen (secondary N) is 1. The molecule has 2 aliphatic heterocycles. The molecule has 6 rings (SSSR count). The number of amides is 1. The van der Waals surface area contributed by atoms with E-state index in [2.05, 4.69) is 66.9 Å². The Hall–Kier alpha value is -4.18. The molecule has 2 saturated heterocycles. The standard InChI is InChI=1S/C32H40N8O2/c1-23-20-34-30-27(28(23)39-14-12-37(13-15-39)22-24-6-5-11-33-21-24)35-29(36-30)25-7-9-26(10-8-25)38-16-18-40(19-17-38)31(41)42-32(2,3)4/h5-11,20-21H,12-19,22H2,1-4H3,(H,34,35,36). The normalized spacial score (nSPS) is 16.7. The SMILES string of the molecule is Cc1cnc2nc(-c3ccc(N4CCN(C(=O)OC(C)(C)C)CC4)cc3)[nH]c2c1N1CCN(Cc2cccnc2)CC1. The molecule has 10 heteroatoms. The van der Waals surface area contributed by atoms with E-state index in [0.717, 1.165) is 79.6 Å². The quantitative estimate of drug-likeness (QED) is 0.370. The van der Waals surface area contributed by atoms with E-state index in [-0.39, 0.29) is 6.09 Å². The van der Waals surface area contributed by atoms with E-state index in [0.29, 0.717) is 13.1 Å². The van der Waals surface area contributed by atoms with E-state index in [1.165, 1.54) is 11.3 Å². The minimum absolute atomic E-state index is 0.239. The van der Waals surface area contributed by atoms with Gasteiger partial charge in [0.1, 0.15) is 16.9 Å². The third kappa shape index (κ3) is 6.18. The van der Waals surface area contributed by atoms with Crippen LogP contribution in [0.25, 0.3) is 22.6 Å². The van der Waals surface area contributed by atoms with Crippen LogP contribution in [0.1, 0.15) is 31.9 Å². The molecule has 42 heavy (non-hydrogen) atoms. The Morgan fingerprint density at radius 1 is 0.929 bits per heavy atom. The van der Waals surface area contributed by atoms with Crippen LogP contribution in [0.3, 0.4) is 0 Å². The number of hydrogen-bond acceptors (Lipinski definition) is 8. The molecule has 4 aromatic rings. The summed E-state index contributed by atoms with van der Waals surface area (Å²) in [6, 6.07) is 12.6. The van der Waals surface area contributed by atoms with Crippen molar-refractivity contribution in [2.75, 3.05) is 62.2 Å². The maximum atomic E-state index is 12.4. The predicted octanol–water partition coefficient (Wildman–Crippen LogP) is 4.71. The first-order valence-corrected chi connectivity index (χ1v) is 14.8. The number of rotatable bonds is 5. The van der Waals surface area contributed by atoms with E-state index in [1.54, 1.807) is 4.90 Å². The molecule has 1 N–H and O–H groups in total. The topological polar surface area (TPSA) is 93.7 Å². The van der Waals surface area contributed by atoms with Gasteiger partial charge in [0.05, 0.1) is 5.69 Å². The number of imidazole rings is 1. The van der Waals surface area contributed by atoms with E-state index < -0.39 is 5.60 Å². The summed E-state index contributed by atoms with van der Waals surface area (Å²) in [5, 5.41) is 0. The average molecular weight is 569 g/mol. The summed E-state index contributed by atoms with van der Waals surface area (Å²) in [7, 11) is 0. The van der Waals surface area contributed by atoms with Crippen LogP contribution in [0.5, 0.6) is 0 Å². The highest BCUT2D eigenvalue weighted by atomic mass is 16.6. The lowest BCUT2D eigenvalue weighted by Gasteiger charge is -2.36. The van der Waals surface area contributed by atoms with Crippen molar-refractivity contribution in [3.8, 4) is 11.4 Å². The van der Waals surface area contributed by atoms with Crippen molar-refractivity contribution < 1.29 is 9.53 Å². The Bertz CT molecular complexity index is 1510. The Kier molecular flexibility index (Phi) is 7.72. The van der Waals surface area contributed by atoms with Crippen LogP contribution in [0, 0.1) is 6.92 Å². The molecule has 2 aliphatic rings. The zero-order chi connectivity index (χ0) is 29.3. The number of hydrogen-bond donors (Lipinski definition) is 1. The lowest BCUT2D eigenvalue weighted by atomic mass is 10.1. The Labute approximate surface area is 247 Å². The van der Waals surface area contributed by atoms with Crippen LogP contribution in [0.2, 0.25) is 0 Å². The highest BCUT2D eigenvalue weighted by molar-refractivity contribution is 5.90. The summed E-state index contributed by atoms with van der Waals surface area (Å²) in [6.45, 7) is 15.5. The minimum atomic E-state index is -0.481. The molecular weight excluding hydrogens is 528 g/mol. The number of benzene rings is 1. The fourth-order valence-corrected chi connectivity index (χ4v) is 5.77. The molecule has 0 aliphatic carbocycles. The molecule has 5 heterocycles. The van der Waals surface area contributed by atoms with Crippen LogP contribution < -0.4 is 9.80 Å². The van der Waals surface area contributed by atoms with E-state index in [1.807, 2.05) is 45.4 Å². The Balaban J connectivity index is 1.12. The van der Waals surface area contributed by atoms with Gasteiger partial charge in [0.15, 0.2) is 5.65 Å². The van der Waals surface area contributed by atoms with Crippen LogP contribution in [-0.2, 0) is 11.3 Å². The van der Waals surface area contributed by atoms with Gasteiger partial charge in [-0.15, -0.1) is 0 Å². The monoisotopic (exact) mass is 568 g/mol. The number of nitrogens with zero attached hydrogens (tertiary/aromatic N) is 7. The summed E-state index contributed by atoms with van der Waals surface area (Å²) in [5.74, 6) is 0.820. The molecule has 0 bridgehead atoms. The van der Waals surface area contributed by atoms with Crippen molar-refractivity contribution in [1.82, 2.24) is 29.7 Å². The first-order chi connectivity index (χ1) is 20.2. The summed E-state index contributed by atoms with van der Waals surface area (Å²) in [4.78, 5) is 38.8. The van der Waals surface area contributed by atoms with Crippen LogP contribution in [-0.4, -0.2) is 93.8 Å². The highest BCUT2D eigenvalue weighted by Gasteiger charge is 2.26. The minimum Gasteiger partial charge on any atom is -0.444 e. The van der Waals surface area contributed by atoms with Gasteiger partial charge in [-0.1, -0.05) is 6.07 Å². The van der Waals surface area contributed by atoms with Gasteiger partial charge in [-0.3, -0.25) is 9.88 Å². The zero-order valence-corrected chi connectivity index (χ0v) is 25.0. The Morgan fingerprint density at radius 3 is 2.31 bits per heavy atom. The van der Waals surface area contributed by atoms with Crippen LogP contribution in [0.4, 0.5) is 16.2 Å². The molecule has 0 radical (unpaired) electrons. The molecule has 1 amide bonds. The van der Waals surface area contributed by atoms with Crippen molar-refractivity contribution in [2.45, 2.75) is 39.8 Å². The zero-order valence-electron chi connectivity index (χ0n) is 25.0. The molecule has 0 saturated carbocycles. The molecule has 0 atom stereocenters. The second-order valence-electron chi connectivity index (χ2n) is 12.2. The molecule has 2 fully saturated rings. The van der Waals surface area contributed by atoms with Crippen molar-refractivity contribution in [2.24, 2.45) is 0 Å². The number of H-pyrrole nitrogens is 1.